The van der Waals surface area contributed by atoms with Gasteiger partial charge in [-0.05, 0) is 32.6 Å². The van der Waals surface area contributed by atoms with Gasteiger partial charge in [-0.15, -0.1) is 0 Å². The highest BCUT2D eigenvalue weighted by Crippen LogP contribution is 2.23. The number of carbonyl (C=O) groups excluding carboxylic acids is 3. The smallest absolute Gasteiger partial charge is 0.227 e. The Morgan fingerprint density at radius 3 is 2.50 bits per heavy atom. The van der Waals surface area contributed by atoms with Crippen molar-refractivity contribution in [2.45, 2.75) is 26.3 Å². The predicted molar refractivity (Wildman–Crippen MR) is 104 cm³/mol. The number of amides is 2. The molecule has 1 aromatic heterocycles. The van der Waals surface area contributed by atoms with Gasteiger partial charge >= 0.3 is 0 Å². The molecule has 2 rings (SSSR count). The topological polar surface area (TPSA) is 119 Å². The molecule has 1 unspecified atom stereocenters. The molecule has 1 atom stereocenters. The van der Waals surface area contributed by atoms with Gasteiger partial charge in [0.1, 0.15) is 5.69 Å². The Balaban J connectivity index is 2.06. The molecule has 0 aliphatic rings. The minimum Gasteiger partial charge on any atom is -0.433 e. The zero-order valence-corrected chi connectivity index (χ0v) is 16.4. The lowest BCUT2D eigenvalue weighted by atomic mass is 10.1. The van der Waals surface area contributed by atoms with Crippen LogP contribution in [0.2, 0.25) is 0 Å². The van der Waals surface area contributed by atoms with Crippen LogP contribution < -0.4 is 11.1 Å². The number of nitrogens with one attached hydrogen (secondary N) is 1. The van der Waals surface area contributed by atoms with Crippen LogP contribution in [0.25, 0.3) is 11.5 Å². The summed E-state index contributed by atoms with van der Waals surface area (Å²) in [5, 5.41) is 2.56. The Bertz CT molecular complexity index is 830. The van der Waals surface area contributed by atoms with Crippen LogP contribution in [0.5, 0.6) is 0 Å². The standard InChI is InChI=1S/C20H26N4O4/c1-13(19(21)27)9-10-17(26)22-11-16(25)18-15(12-24(2)3)23-20(28-18)14-7-5-4-6-8-14/h4-8,13H,9-12H2,1-3H3,(H2,21,27)(H,22,26). The summed E-state index contributed by atoms with van der Waals surface area (Å²) in [4.78, 5) is 41.9. The first-order chi connectivity index (χ1) is 13.3. The zero-order valence-electron chi connectivity index (χ0n) is 16.4. The number of aromatic nitrogens is 1. The lowest BCUT2D eigenvalue weighted by Crippen LogP contribution is -2.31. The van der Waals surface area contributed by atoms with Crippen LogP contribution in [0.15, 0.2) is 34.7 Å². The molecule has 0 aliphatic heterocycles. The molecule has 8 heteroatoms. The number of hydrogen-bond donors (Lipinski definition) is 2. The van der Waals surface area contributed by atoms with Crippen molar-refractivity contribution in [2.24, 2.45) is 11.7 Å². The van der Waals surface area contributed by atoms with Crippen LogP contribution in [-0.2, 0) is 16.1 Å². The Labute approximate surface area is 164 Å². The number of nitrogens with two attached hydrogens (primary N) is 1. The predicted octanol–water partition coefficient (Wildman–Crippen LogP) is 1.60. The third kappa shape index (κ3) is 6.02. The number of hydrogen-bond acceptors (Lipinski definition) is 6. The van der Waals surface area contributed by atoms with E-state index in [1.54, 1.807) is 6.92 Å². The molecule has 1 aromatic carbocycles. The van der Waals surface area contributed by atoms with Gasteiger partial charge in [0.15, 0.2) is 5.76 Å². The van der Waals surface area contributed by atoms with Crippen molar-refractivity contribution in [3.63, 3.8) is 0 Å². The van der Waals surface area contributed by atoms with E-state index in [-0.39, 0.29) is 30.4 Å². The summed E-state index contributed by atoms with van der Waals surface area (Å²) in [5.41, 5.74) is 6.47. The average Bonchev–Trinajstić information content (AvgIpc) is 3.07. The molecule has 0 spiro atoms. The minimum absolute atomic E-state index is 0.119. The molecule has 0 radical (unpaired) electrons. The van der Waals surface area contributed by atoms with Crippen LogP contribution in [0.1, 0.15) is 36.0 Å². The second-order valence-electron chi connectivity index (χ2n) is 6.94. The van der Waals surface area contributed by atoms with Crippen molar-refractivity contribution in [3.05, 3.63) is 41.8 Å². The Morgan fingerprint density at radius 1 is 1.21 bits per heavy atom. The van der Waals surface area contributed by atoms with E-state index < -0.39 is 11.8 Å². The average molecular weight is 386 g/mol. The van der Waals surface area contributed by atoms with Gasteiger partial charge < -0.3 is 20.4 Å². The number of nitrogens with zero attached hydrogens (tertiary/aromatic N) is 2. The maximum atomic E-state index is 12.6. The molecule has 0 bridgehead atoms. The van der Waals surface area contributed by atoms with Gasteiger partial charge in [-0.3, -0.25) is 14.4 Å². The number of oxazole rings is 1. The number of rotatable bonds is 10. The minimum atomic E-state index is -0.452. The van der Waals surface area contributed by atoms with Gasteiger partial charge in [0, 0.05) is 24.4 Å². The van der Waals surface area contributed by atoms with Crippen LogP contribution in [0.4, 0.5) is 0 Å². The van der Waals surface area contributed by atoms with Crippen molar-refractivity contribution in [1.82, 2.24) is 15.2 Å². The van der Waals surface area contributed by atoms with Crippen LogP contribution in [0, 0.1) is 5.92 Å². The molecule has 8 nitrogen and oxygen atoms in total. The third-order valence-electron chi connectivity index (χ3n) is 4.17. The van der Waals surface area contributed by atoms with Gasteiger partial charge in [0.2, 0.25) is 23.5 Å². The summed E-state index contributed by atoms with van der Waals surface area (Å²) >= 11 is 0. The van der Waals surface area contributed by atoms with E-state index in [9.17, 15) is 14.4 Å². The Hall–Kier alpha value is -3.00. The van der Waals surface area contributed by atoms with E-state index in [0.717, 1.165) is 5.56 Å². The molecule has 28 heavy (non-hydrogen) atoms. The molecule has 1 heterocycles. The monoisotopic (exact) mass is 386 g/mol. The molecule has 0 aliphatic carbocycles. The van der Waals surface area contributed by atoms with Gasteiger partial charge in [0.25, 0.3) is 0 Å². The normalized spacial score (nSPS) is 12.0. The SMILES string of the molecule is CC(CCC(=O)NCC(=O)c1oc(-c2ccccc2)nc1CN(C)C)C(N)=O. The number of benzene rings is 1. The molecule has 3 N–H and O–H groups in total. The zero-order chi connectivity index (χ0) is 20.7. The molecule has 0 saturated heterocycles. The molecule has 2 amide bonds. The van der Waals surface area contributed by atoms with Crippen molar-refractivity contribution in [2.75, 3.05) is 20.6 Å². The largest absolute Gasteiger partial charge is 0.433 e. The van der Waals surface area contributed by atoms with Crippen molar-refractivity contribution in [3.8, 4) is 11.5 Å². The van der Waals surface area contributed by atoms with E-state index in [4.69, 9.17) is 10.2 Å². The fraction of sp³-hybridized carbons (Fsp3) is 0.400. The summed E-state index contributed by atoms with van der Waals surface area (Å²) in [5.74, 6) is -1.02. The van der Waals surface area contributed by atoms with Crippen LogP contribution in [0.3, 0.4) is 0 Å². The Kier molecular flexibility index (Phi) is 7.45. The molecular formula is C20H26N4O4. The second kappa shape index (κ2) is 9.80. The fourth-order valence-corrected chi connectivity index (χ4v) is 2.52. The summed E-state index contributed by atoms with van der Waals surface area (Å²) in [6.07, 6.45) is 0.454. The lowest BCUT2D eigenvalue weighted by Gasteiger charge is -2.09. The molecular weight excluding hydrogens is 360 g/mol. The number of Topliss-reactive ketones (excluding diaryl/α,β-unsaturated/α-hetero) is 1. The van der Waals surface area contributed by atoms with Gasteiger partial charge in [-0.2, -0.15) is 0 Å². The first-order valence-corrected chi connectivity index (χ1v) is 9.07. The maximum Gasteiger partial charge on any atom is 0.227 e. The van der Waals surface area contributed by atoms with Gasteiger partial charge in [-0.1, -0.05) is 25.1 Å². The molecule has 0 saturated carbocycles. The van der Waals surface area contributed by atoms with E-state index in [1.807, 2.05) is 49.3 Å². The summed E-state index contributed by atoms with van der Waals surface area (Å²) in [7, 11) is 3.74. The lowest BCUT2D eigenvalue weighted by molar-refractivity contribution is -0.123. The number of carbonyl (C=O) groups is 3. The van der Waals surface area contributed by atoms with Crippen molar-refractivity contribution >= 4 is 17.6 Å². The third-order valence-corrected chi connectivity index (χ3v) is 4.17. The van der Waals surface area contributed by atoms with E-state index >= 15 is 0 Å². The maximum absolute atomic E-state index is 12.6. The highest BCUT2D eigenvalue weighted by atomic mass is 16.4. The Morgan fingerprint density at radius 2 is 1.89 bits per heavy atom. The summed E-state index contributed by atoms with van der Waals surface area (Å²) in [6, 6.07) is 9.30. The van der Waals surface area contributed by atoms with E-state index in [2.05, 4.69) is 10.3 Å². The number of ketones is 1. The fourth-order valence-electron chi connectivity index (χ4n) is 2.52. The highest BCUT2D eigenvalue weighted by Gasteiger charge is 2.22. The molecule has 2 aromatic rings. The molecule has 150 valence electrons. The molecule has 0 fully saturated rings. The van der Waals surface area contributed by atoms with Gasteiger partial charge in [-0.25, -0.2) is 4.98 Å². The number of primary amides is 1. The first-order valence-electron chi connectivity index (χ1n) is 9.07. The summed E-state index contributed by atoms with van der Waals surface area (Å²) < 4.78 is 5.73. The van der Waals surface area contributed by atoms with Crippen molar-refractivity contribution < 1.29 is 18.8 Å². The van der Waals surface area contributed by atoms with E-state index in [0.29, 0.717) is 24.6 Å². The van der Waals surface area contributed by atoms with Crippen LogP contribution in [-0.4, -0.2) is 48.1 Å². The van der Waals surface area contributed by atoms with E-state index in [1.165, 1.54) is 0 Å². The second-order valence-corrected chi connectivity index (χ2v) is 6.94. The van der Waals surface area contributed by atoms with Crippen LogP contribution >= 0.6 is 0 Å². The highest BCUT2D eigenvalue weighted by molar-refractivity contribution is 5.98. The summed E-state index contributed by atoms with van der Waals surface area (Å²) in [6.45, 7) is 1.89. The quantitative estimate of drug-likeness (QED) is 0.599. The van der Waals surface area contributed by atoms with Gasteiger partial charge in [0.05, 0.1) is 6.54 Å². The first kappa shape index (κ1) is 21.3. The van der Waals surface area contributed by atoms with Crippen molar-refractivity contribution in [1.29, 1.82) is 0 Å².